The van der Waals surface area contributed by atoms with Crippen LogP contribution in [0.1, 0.15) is 25.0 Å². The predicted molar refractivity (Wildman–Crippen MR) is 71.0 cm³/mol. The van der Waals surface area contributed by atoms with Crippen molar-refractivity contribution in [3.63, 3.8) is 0 Å². The highest BCUT2D eigenvalue weighted by atomic mass is 19.1. The Hall–Kier alpha value is -2.48. The SMILES string of the molecule is CC.N#Cc1ccc(COc2cccc(F)n2)c(F)c1. The lowest BCUT2D eigenvalue weighted by molar-refractivity contribution is 0.283. The van der Waals surface area contributed by atoms with Gasteiger partial charge in [0.05, 0.1) is 11.6 Å². The summed E-state index contributed by atoms with van der Waals surface area (Å²) in [6.45, 7) is 3.92. The molecular formula is C15H14F2N2O. The van der Waals surface area contributed by atoms with Gasteiger partial charge in [-0.1, -0.05) is 26.0 Å². The number of hydrogen-bond donors (Lipinski definition) is 0. The lowest BCUT2D eigenvalue weighted by Gasteiger charge is -2.06. The van der Waals surface area contributed by atoms with E-state index < -0.39 is 11.8 Å². The second-order valence-electron chi connectivity index (χ2n) is 3.51. The molecular weight excluding hydrogens is 262 g/mol. The van der Waals surface area contributed by atoms with Gasteiger partial charge in [0.2, 0.25) is 11.8 Å². The molecule has 0 N–H and O–H groups in total. The number of benzene rings is 1. The van der Waals surface area contributed by atoms with Gasteiger partial charge in [-0.25, -0.2) is 4.39 Å². The molecule has 0 aliphatic carbocycles. The van der Waals surface area contributed by atoms with Gasteiger partial charge < -0.3 is 4.74 Å². The smallest absolute Gasteiger partial charge is 0.216 e. The van der Waals surface area contributed by atoms with Gasteiger partial charge in [-0.2, -0.15) is 14.6 Å². The fraction of sp³-hybridized carbons (Fsp3) is 0.200. The molecule has 1 heterocycles. The summed E-state index contributed by atoms with van der Waals surface area (Å²) >= 11 is 0. The average Bonchev–Trinajstić information content (AvgIpc) is 2.48. The maximum atomic E-state index is 13.5. The molecule has 0 atom stereocenters. The first-order valence-electron chi connectivity index (χ1n) is 6.13. The van der Waals surface area contributed by atoms with E-state index in [1.807, 2.05) is 19.9 Å². The summed E-state index contributed by atoms with van der Waals surface area (Å²) in [7, 11) is 0. The van der Waals surface area contributed by atoms with Crippen LogP contribution in [0.4, 0.5) is 8.78 Å². The number of ether oxygens (including phenoxy) is 1. The molecule has 0 saturated carbocycles. The van der Waals surface area contributed by atoms with Crippen molar-refractivity contribution in [2.75, 3.05) is 0 Å². The van der Waals surface area contributed by atoms with Crippen molar-refractivity contribution in [1.82, 2.24) is 4.98 Å². The van der Waals surface area contributed by atoms with E-state index in [2.05, 4.69) is 4.98 Å². The number of nitrogens with zero attached hydrogens (tertiary/aromatic N) is 2. The number of hydrogen-bond acceptors (Lipinski definition) is 3. The summed E-state index contributed by atoms with van der Waals surface area (Å²) in [5.41, 5.74) is 0.514. The third-order valence-corrected chi connectivity index (χ3v) is 2.25. The van der Waals surface area contributed by atoms with E-state index >= 15 is 0 Å². The summed E-state index contributed by atoms with van der Waals surface area (Å²) < 4.78 is 31.4. The topological polar surface area (TPSA) is 45.9 Å². The Morgan fingerprint density at radius 2 is 1.95 bits per heavy atom. The van der Waals surface area contributed by atoms with Crippen LogP contribution in [0.2, 0.25) is 0 Å². The van der Waals surface area contributed by atoms with Crippen molar-refractivity contribution in [3.8, 4) is 11.9 Å². The Bertz CT molecular complexity index is 609. The molecule has 0 fully saturated rings. The van der Waals surface area contributed by atoms with Crippen molar-refractivity contribution in [2.24, 2.45) is 0 Å². The minimum absolute atomic E-state index is 0.0754. The van der Waals surface area contributed by atoms with Crippen LogP contribution in [-0.2, 0) is 6.61 Å². The number of pyridine rings is 1. The van der Waals surface area contributed by atoms with Crippen LogP contribution in [0.3, 0.4) is 0 Å². The Kier molecular flexibility index (Phi) is 6.11. The molecule has 0 amide bonds. The van der Waals surface area contributed by atoms with Crippen LogP contribution in [0.25, 0.3) is 0 Å². The molecule has 1 aromatic heterocycles. The zero-order valence-corrected chi connectivity index (χ0v) is 11.2. The summed E-state index contributed by atoms with van der Waals surface area (Å²) in [6.07, 6.45) is 0. The Labute approximate surface area is 116 Å². The van der Waals surface area contributed by atoms with Crippen LogP contribution in [0.5, 0.6) is 5.88 Å². The first-order valence-corrected chi connectivity index (χ1v) is 6.13. The highest BCUT2D eigenvalue weighted by Crippen LogP contribution is 2.13. The zero-order chi connectivity index (χ0) is 15.0. The summed E-state index contributed by atoms with van der Waals surface area (Å²) in [4.78, 5) is 3.49. The fourth-order valence-corrected chi connectivity index (χ4v) is 1.36. The lowest BCUT2D eigenvalue weighted by Crippen LogP contribution is -2.00. The van der Waals surface area contributed by atoms with Crippen LogP contribution in [0, 0.1) is 23.1 Å². The minimum Gasteiger partial charge on any atom is -0.473 e. The Morgan fingerprint density at radius 3 is 2.55 bits per heavy atom. The number of nitriles is 1. The molecule has 0 aliphatic heterocycles. The number of halogens is 2. The largest absolute Gasteiger partial charge is 0.473 e. The first kappa shape index (κ1) is 15.6. The first-order chi connectivity index (χ1) is 9.69. The second kappa shape index (κ2) is 7.85. The van der Waals surface area contributed by atoms with Crippen molar-refractivity contribution in [3.05, 3.63) is 59.3 Å². The molecule has 0 aliphatic rings. The molecule has 1 aromatic carbocycles. The summed E-state index contributed by atoms with van der Waals surface area (Å²) in [5, 5.41) is 8.59. The standard InChI is InChI=1S/C13H8F2N2O.C2H6/c14-11-6-9(7-16)4-5-10(11)8-18-13-3-1-2-12(15)17-13;1-2/h1-6H,8H2;1-2H3. The van der Waals surface area contributed by atoms with E-state index in [-0.39, 0.29) is 23.6 Å². The van der Waals surface area contributed by atoms with Gasteiger partial charge in [0.1, 0.15) is 12.4 Å². The van der Waals surface area contributed by atoms with E-state index in [0.29, 0.717) is 0 Å². The van der Waals surface area contributed by atoms with Crippen LogP contribution in [0.15, 0.2) is 36.4 Å². The summed E-state index contributed by atoms with van der Waals surface area (Å²) in [5.74, 6) is -1.11. The number of rotatable bonds is 3. The molecule has 5 heteroatoms. The third-order valence-electron chi connectivity index (χ3n) is 2.25. The molecule has 0 spiro atoms. The monoisotopic (exact) mass is 276 g/mol. The maximum absolute atomic E-state index is 13.5. The van der Waals surface area contributed by atoms with Crippen molar-refractivity contribution >= 4 is 0 Å². The quantitative estimate of drug-likeness (QED) is 0.800. The number of aromatic nitrogens is 1. The van der Waals surface area contributed by atoms with Crippen molar-refractivity contribution < 1.29 is 13.5 Å². The molecule has 0 unspecified atom stereocenters. The van der Waals surface area contributed by atoms with Crippen LogP contribution < -0.4 is 4.74 Å². The van der Waals surface area contributed by atoms with Gasteiger partial charge in [-0.05, 0) is 18.2 Å². The highest BCUT2D eigenvalue weighted by Gasteiger charge is 2.05. The predicted octanol–water partition coefficient (Wildman–Crippen LogP) is 3.84. The van der Waals surface area contributed by atoms with Crippen LogP contribution >= 0.6 is 0 Å². The van der Waals surface area contributed by atoms with Gasteiger partial charge in [-0.3, -0.25) is 0 Å². The molecule has 0 radical (unpaired) electrons. The van der Waals surface area contributed by atoms with E-state index in [1.165, 1.54) is 30.3 Å². The van der Waals surface area contributed by atoms with Gasteiger partial charge in [0.15, 0.2) is 0 Å². The molecule has 0 saturated heterocycles. The van der Waals surface area contributed by atoms with E-state index in [0.717, 1.165) is 6.07 Å². The maximum Gasteiger partial charge on any atom is 0.216 e. The van der Waals surface area contributed by atoms with E-state index in [4.69, 9.17) is 10.00 Å². The van der Waals surface area contributed by atoms with Crippen LogP contribution in [-0.4, -0.2) is 4.98 Å². The van der Waals surface area contributed by atoms with Crippen molar-refractivity contribution in [2.45, 2.75) is 20.5 Å². The molecule has 2 rings (SSSR count). The molecule has 104 valence electrons. The fourth-order valence-electron chi connectivity index (χ4n) is 1.36. The second-order valence-corrected chi connectivity index (χ2v) is 3.51. The Balaban J connectivity index is 0.000000956. The van der Waals surface area contributed by atoms with E-state index in [9.17, 15) is 8.78 Å². The zero-order valence-electron chi connectivity index (χ0n) is 11.2. The summed E-state index contributed by atoms with van der Waals surface area (Å²) in [6, 6.07) is 10.0. The molecule has 0 bridgehead atoms. The molecule has 2 aromatic rings. The normalized spacial score (nSPS) is 9.15. The van der Waals surface area contributed by atoms with Gasteiger partial charge in [-0.15, -0.1) is 0 Å². The minimum atomic E-state index is -0.659. The van der Waals surface area contributed by atoms with Crippen molar-refractivity contribution in [1.29, 1.82) is 5.26 Å². The van der Waals surface area contributed by atoms with Gasteiger partial charge >= 0.3 is 0 Å². The lowest BCUT2D eigenvalue weighted by atomic mass is 10.1. The molecule has 20 heavy (non-hydrogen) atoms. The van der Waals surface area contributed by atoms with E-state index in [1.54, 1.807) is 0 Å². The average molecular weight is 276 g/mol. The highest BCUT2D eigenvalue weighted by molar-refractivity contribution is 5.32. The third kappa shape index (κ3) is 4.32. The Morgan fingerprint density at radius 1 is 1.20 bits per heavy atom. The molecule has 3 nitrogen and oxygen atoms in total. The van der Waals surface area contributed by atoms with Gasteiger partial charge in [0.25, 0.3) is 0 Å². The van der Waals surface area contributed by atoms with Gasteiger partial charge in [0, 0.05) is 11.6 Å².